The summed E-state index contributed by atoms with van der Waals surface area (Å²) < 4.78 is 12.0. The minimum atomic E-state index is -0.721. The lowest BCUT2D eigenvalue weighted by atomic mass is 10.2. The van der Waals surface area contributed by atoms with E-state index in [1.54, 1.807) is 0 Å². The van der Waals surface area contributed by atoms with Crippen molar-refractivity contribution < 1.29 is 9.47 Å². The monoisotopic (exact) mass is 266 g/mol. The number of hydrogen-bond acceptors (Lipinski definition) is 2. The zero-order chi connectivity index (χ0) is 12.5. The predicted octanol–water partition coefficient (Wildman–Crippen LogP) is 4.62. The Balaban J connectivity index is 2.80. The molecule has 0 aromatic rings. The molecule has 16 heavy (non-hydrogen) atoms. The molecule has 1 rings (SSSR count). The minimum absolute atomic E-state index is 0.0997. The lowest BCUT2D eigenvalue weighted by Gasteiger charge is -2.43. The third kappa shape index (κ3) is 3.32. The van der Waals surface area contributed by atoms with Crippen molar-refractivity contribution in [3.8, 4) is 0 Å². The van der Waals surface area contributed by atoms with Gasteiger partial charge in [-0.3, -0.25) is 0 Å². The molecule has 1 saturated heterocycles. The Morgan fingerprint density at radius 2 is 1.19 bits per heavy atom. The number of ether oxygens (including phenoxy) is 2. The van der Waals surface area contributed by atoms with Crippen LogP contribution >= 0.6 is 18.5 Å². The van der Waals surface area contributed by atoms with Crippen LogP contribution < -0.4 is 0 Å². The minimum Gasteiger partial charge on any atom is -0.343 e. The fourth-order valence-corrected chi connectivity index (χ4v) is 5.30. The van der Waals surface area contributed by atoms with Gasteiger partial charge in [0.05, 0.1) is 19.0 Å². The van der Waals surface area contributed by atoms with Crippen molar-refractivity contribution in [1.82, 2.24) is 0 Å². The summed E-state index contributed by atoms with van der Waals surface area (Å²) in [6, 6.07) is 0. The van der Waals surface area contributed by atoms with Crippen LogP contribution in [0.1, 0.15) is 41.5 Å². The summed E-state index contributed by atoms with van der Waals surface area (Å²) in [7, 11) is -0.721. The van der Waals surface area contributed by atoms with Gasteiger partial charge in [-0.25, -0.2) is 0 Å². The normalized spacial score (nSPS) is 36.4. The first kappa shape index (κ1) is 14.7. The van der Waals surface area contributed by atoms with E-state index in [1.807, 2.05) is 0 Å². The van der Waals surface area contributed by atoms with Crippen LogP contribution in [-0.4, -0.2) is 18.0 Å². The molecule has 0 bridgehead atoms. The molecule has 0 spiro atoms. The lowest BCUT2D eigenvalue weighted by Crippen LogP contribution is -2.41. The van der Waals surface area contributed by atoms with E-state index >= 15 is 0 Å². The smallest absolute Gasteiger partial charge is 0.161 e. The molecule has 2 nitrogen and oxygen atoms in total. The average molecular weight is 267 g/mol. The first-order valence-corrected chi connectivity index (χ1v) is 8.48. The fourth-order valence-electron chi connectivity index (χ4n) is 1.77. The van der Waals surface area contributed by atoms with Crippen molar-refractivity contribution in [2.24, 2.45) is 17.8 Å². The van der Waals surface area contributed by atoms with Gasteiger partial charge in [0.2, 0.25) is 0 Å². The quantitative estimate of drug-likeness (QED) is 0.694. The maximum Gasteiger partial charge on any atom is 0.161 e. The molecule has 0 saturated carbocycles. The van der Waals surface area contributed by atoms with Gasteiger partial charge < -0.3 is 9.47 Å². The molecule has 1 aliphatic rings. The van der Waals surface area contributed by atoms with Crippen molar-refractivity contribution in [1.29, 1.82) is 0 Å². The number of halogens is 1. The van der Waals surface area contributed by atoms with Crippen molar-refractivity contribution >= 4 is 18.5 Å². The molecule has 1 fully saturated rings. The third-order valence-corrected chi connectivity index (χ3v) is 6.28. The summed E-state index contributed by atoms with van der Waals surface area (Å²) in [5.74, 6) is 1.60. The maximum absolute atomic E-state index is 6.52. The van der Waals surface area contributed by atoms with E-state index in [9.17, 15) is 0 Å². The summed E-state index contributed by atoms with van der Waals surface area (Å²) >= 11 is 6.52. The lowest BCUT2D eigenvalue weighted by molar-refractivity contribution is -0.210. The van der Waals surface area contributed by atoms with Crippen LogP contribution in [0.2, 0.25) is 0 Å². The zero-order valence-corrected chi connectivity index (χ0v) is 12.8. The Morgan fingerprint density at radius 3 is 1.44 bits per heavy atom. The molecule has 1 heterocycles. The van der Waals surface area contributed by atoms with Crippen LogP contribution in [-0.2, 0) is 9.47 Å². The van der Waals surface area contributed by atoms with Crippen molar-refractivity contribution in [2.75, 3.05) is 0 Å². The van der Waals surface area contributed by atoms with Crippen molar-refractivity contribution in [2.45, 2.75) is 59.5 Å². The van der Waals surface area contributed by atoms with E-state index in [0.717, 1.165) is 0 Å². The Labute approximate surface area is 106 Å². The van der Waals surface area contributed by atoms with Gasteiger partial charge in [0, 0.05) is 5.92 Å². The van der Waals surface area contributed by atoms with Crippen LogP contribution in [0, 0.1) is 17.8 Å². The molecule has 2 atom stereocenters. The van der Waals surface area contributed by atoms with Gasteiger partial charge in [0.15, 0.2) is 6.29 Å². The highest BCUT2D eigenvalue weighted by atomic mass is 35.7. The molecular weight excluding hydrogens is 243 g/mol. The molecule has 0 aromatic heterocycles. The SMILES string of the molecule is CC(C)C1OC(C(C)C)P(Cl)C(C(C)C)O1. The third-order valence-electron chi connectivity index (χ3n) is 2.72. The van der Waals surface area contributed by atoms with Crippen LogP contribution in [0.25, 0.3) is 0 Å². The van der Waals surface area contributed by atoms with E-state index in [0.29, 0.717) is 17.8 Å². The van der Waals surface area contributed by atoms with Crippen LogP contribution in [0.5, 0.6) is 0 Å². The van der Waals surface area contributed by atoms with Gasteiger partial charge in [-0.05, 0) is 11.8 Å². The molecular formula is C12H24ClO2P. The van der Waals surface area contributed by atoms with Gasteiger partial charge >= 0.3 is 0 Å². The molecule has 96 valence electrons. The van der Waals surface area contributed by atoms with Gasteiger partial charge in [-0.15, -0.1) is 0 Å². The predicted molar refractivity (Wildman–Crippen MR) is 70.8 cm³/mol. The van der Waals surface area contributed by atoms with Gasteiger partial charge in [0.1, 0.15) is 0 Å². The van der Waals surface area contributed by atoms with E-state index in [4.69, 9.17) is 20.7 Å². The van der Waals surface area contributed by atoms with Gasteiger partial charge in [-0.1, -0.05) is 52.8 Å². The summed E-state index contributed by atoms with van der Waals surface area (Å²) in [5.41, 5.74) is 0. The van der Waals surface area contributed by atoms with Crippen LogP contribution in [0.15, 0.2) is 0 Å². The average Bonchev–Trinajstić information content (AvgIpc) is 2.16. The largest absolute Gasteiger partial charge is 0.343 e. The van der Waals surface area contributed by atoms with E-state index < -0.39 is 7.27 Å². The van der Waals surface area contributed by atoms with E-state index in [-0.39, 0.29) is 18.0 Å². The van der Waals surface area contributed by atoms with Crippen molar-refractivity contribution in [3.63, 3.8) is 0 Å². The Kier molecular flexibility index (Phi) is 5.51. The topological polar surface area (TPSA) is 18.5 Å². The van der Waals surface area contributed by atoms with E-state index in [2.05, 4.69) is 41.5 Å². The first-order chi connectivity index (χ1) is 7.34. The second kappa shape index (κ2) is 6.00. The number of rotatable bonds is 3. The standard InChI is InChI=1S/C12H24ClO2P/c1-7(2)10-14-11(8(3)4)16(13)12(15-10)9(5)6/h7-12H,1-6H3. The molecule has 4 heteroatoms. The zero-order valence-electron chi connectivity index (χ0n) is 11.1. The highest BCUT2D eigenvalue weighted by molar-refractivity contribution is 7.84. The molecule has 2 unspecified atom stereocenters. The molecule has 0 N–H and O–H groups in total. The van der Waals surface area contributed by atoms with Crippen LogP contribution in [0.4, 0.5) is 0 Å². The fraction of sp³-hybridized carbons (Fsp3) is 1.00. The first-order valence-electron chi connectivity index (χ1n) is 6.09. The molecule has 0 amide bonds. The Morgan fingerprint density at radius 1 is 0.812 bits per heavy atom. The molecule has 0 radical (unpaired) electrons. The Hall–Kier alpha value is 0.640. The van der Waals surface area contributed by atoms with Gasteiger partial charge in [0.25, 0.3) is 0 Å². The van der Waals surface area contributed by atoms with E-state index in [1.165, 1.54) is 0 Å². The summed E-state index contributed by atoms with van der Waals surface area (Å²) in [6.07, 6.45) is -0.0997. The maximum atomic E-state index is 6.52. The second-order valence-electron chi connectivity index (χ2n) is 5.50. The molecule has 0 aliphatic carbocycles. The summed E-state index contributed by atoms with van der Waals surface area (Å²) in [6.45, 7) is 12.9. The molecule has 0 aromatic carbocycles. The molecule has 1 aliphatic heterocycles. The number of hydrogen-bond donors (Lipinski definition) is 0. The highest BCUT2D eigenvalue weighted by Gasteiger charge is 2.41. The van der Waals surface area contributed by atoms with Crippen molar-refractivity contribution in [3.05, 3.63) is 0 Å². The second-order valence-corrected chi connectivity index (χ2v) is 8.38. The summed E-state index contributed by atoms with van der Waals surface area (Å²) in [4.78, 5) is 0. The van der Waals surface area contributed by atoms with Gasteiger partial charge in [-0.2, -0.15) is 0 Å². The van der Waals surface area contributed by atoms with Crippen LogP contribution in [0.3, 0.4) is 0 Å². The highest BCUT2D eigenvalue weighted by Crippen LogP contribution is 2.60. The summed E-state index contributed by atoms with van der Waals surface area (Å²) in [5, 5.41) is 0. The Bertz CT molecular complexity index is 203.